The zero-order chi connectivity index (χ0) is 21.0. The van der Waals surface area contributed by atoms with Crippen molar-refractivity contribution in [3.05, 3.63) is 54.1 Å². The Hall–Kier alpha value is -3.55. The van der Waals surface area contributed by atoms with Crippen LogP contribution >= 0.6 is 0 Å². The minimum absolute atomic E-state index is 0.226. The molecule has 0 aromatic heterocycles. The number of para-hydroxylation sites is 2. The number of urea groups is 1. The highest BCUT2D eigenvalue weighted by molar-refractivity contribution is 6.08. The summed E-state index contributed by atoms with van der Waals surface area (Å²) in [6.07, 6.45) is 0. The summed E-state index contributed by atoms with van der Waals surface area (Å²) in [5.74, 6) is -0.0298. The molecule has 1 fully saturated rings. The lowest BCUT2D eigenvalue weighted by molar-refractivity contribution is -0.141. The Morgan fingerprint density at radius 2 is 1.72 bits per heavy atom. The van der Waals surface area contributed by atoms with E-state index in [0.717, 1.165) is 4.90 Å². The molecule has 1 aliphatic heterocycles. The highest BCUT2D eigenvalue weighted by atomic mass is 16.6. The lowest BCUT2D eigenvalue weighted by Crippen LogP contribution is -2.41. The number of carbonyl (C=O) groups is 3. The standard InChI is InChI=1S/C21H22N2O6/c1-4-28-16-7-5-6-8-17(16)29-18(24)13-23-19(25)21(2,22-20(23)26)14-9-11-15(27-3)12-10-14/h5-12H,4,13H2,1-3H3,(H,22,26). The average Bonchev–Trinajstić information content (AvgIpc) is 2.93. The number of imide groups is 1. The zero-order valence-corrected chi connectivity index (χ0v) is 16.4. The molecular formula is C21H22N2O6. The van der Waals surface area contributed by atoms with Crippen LogP contribution in [-0.2, 0) is 15.1 Å². The first kappa shape index (κ1) is 20.2. The summed E-state index contributed by atoms with van der Waals surface area (Å²) < 4.78 is 15.8. The Morgan fingerprint density at radius 3 is 2.34 bits per heavy atom. The number of nitrogens with zero attached hydrogens (tertiary/aromatic N) is 1. The summed E-state index contributed by atoms with van der Waals surface area (Å²) >= 11 is 0. The molecule has 2 aromatic carbocycles. The smallest absolute Gasteiger partial charge is 0.331 e. The Morgan fingerprint density at radius 1 is 1.07 bits per heavy atom. The van der Waals surface area contributed by atoms with Crippen LogP contribution in [0.5, 0.6) is 17.2 Å². The average molecular weight is 398 g/mol. The SMILES string of the molecule is CCOc1ccccc1OC(=O)CN1C(=O)NC(C)(c2ccc(OC)cc2)C1=O. The number of carbonyl (C=O) groups excluding carboxylic acids is 3. The number of methoxy groups -OCH3 is 1. The van der Waals surface area contributed by atoms with Gasteiger partial charge in [-0.1, -0.05) is 24.3 Å². The van der Waals surface area contributed by atoms with Crippen molar-refractivity contribution >= 4 is 17.9 Å². The lowest BCUT2D eigenvalue weighted by atomic mass is 9.92. The molecule has 1 heterocycles. The molecule has 1 saturated heterocycles. The summed E-state index contributed by atoms with van der Waals surface area (Å²) in [4.78, 5) is 38.5. The predicted octanol–water partition coefficient (Wildman–Crippen LogP) is 2.47. The van der Waals surface area contributed by atoms with Crippen LogP contribution in [0.1, 0.15) is 19.4 Å². The molecule has 0 bridgehead atoms. The van der Waals surface area contributed by atoms with Gasteiger partial charge in [0.15, 0.2) is 11.5 Å². The van der Waals surface area contributed by atoms with Crippen molar-refractivity contribution in [3.8, 4) is 17.2 Å². The van der Waals surface area contributed by atoms with Gasteiger partial charge >= 0.3 is 12.0 Å². The number of rotatable bonds is 7. The normalized spacial score (nSPS) is 18.4. The van der Waals surface area contributed by atoms with Gasteiger partial charge in [0.1, 0.15) is 17.8 Å². The van der Waals surface area contributed by atoms with E-state index in [-0.39, 0.29) is 5.75 Å². The van der Waals surface area contributed by atoms with E-state index in [1.165, 1.54) is 7.11 Å². The van der Waals surface area contributed by atoms with E-state index in [1.807, 2.05) is 6.92 Å². The van der Waals surface area contributed by atoms with Crippen molar-refractivity contribution in [2.45, 2.75) is 19.4 Å². The Kier molecular flexibility index (Phi) is 5.72. The van der Waals surface area contributed by atoms with Crippen LogP contribution in [0, 0.1) is 0 Å². The Balaban J connectivity index is 1.74. The monoisotopic (exact) mass is 398 g/mol. The van der Waals surface area contributed by atoms with Gasteiger partial charge in [0.25, 0.3) is 5.91 Å². The quantitative estimate of drug-likeness (QED) is 0.437. The maximum Gasteiger partial charge on any atom is 0.331 e. The third-order valence-corrected chi connectivity index (χ3v) is 4.60. The van der Waals surface area contributed by atoms with Gasteiger partial charge in [0.05, 0.1) is 13.7 Å². The summed E-state index contributed by atoms with van der Waals surface area (Å²) in [5.41, 5.74) is -0.707. The zero-order valence-electron chi connectivity index (χ0n) is 16.4. The fraction of sp³-hybridized carbons (Fsp3) is 0.286. The second-order valence-electron chi connectivity index (χ2n) is 6.53. The summed E-state index contributed by atoms with van der Waals surface area (Å²) in [7, 11) is 1.54. The van der Waals surface area contributed by atoms with Crippen molar-refractivity contribution in [1.29, 1.82) is 0 Å². The largest absolute Gasteiger partial charge is 0.497 e. The number of hydrogen-bond acceptors (Lipinski definition) is 6. The first-order chi connectivity index (χ1) is 13.9. The first-order valence-corrected chi connectivity index (χ1v) is 9.10. The molecule has 8 nitrogen and oxygen atoms in total. The molecule has 0 radical (unpaired) electrons. The van der Waals surface area contributed by atoms with Crippen molar-refractivity contribution in [2.75, 3.05) is 20.3 Å². The minimum atomic E-state index is -1.28. The van der Waals surface area contributed by atoms with Gasteiger partial charge in [0, 0.05) is 0 Å². The topological polar surface area (TPSA) is 94.2 Å². The van der Waals surface area contributed by atoms with Crippen LogP contribution in [0.25, 0.3) is 0 Å². The molecule has 1 N–H and O–H groups in total. The fourth-order valence-corrected chi connectivity index (χ4v) is 3.05. The van der Waals surface area contributed by atoms with E-state index in [1.54, 1.807) is 55.5 Å². The molecule has 3 rings (SSSR count). The maximum atomic E-state index is 12.9. The molecule has 0 aliphatic carbocycles. The number of ether oxygens (including phenoxy) is 3. The Bertz CT molecular complexity index is 927. The van der Waals surface area contributed by atoms with Crippen molar-refractivity contribution in [2.24, 2.45) is 0 Å². The van der Waals surface area contributed by atoms with Gasteiger partial charge in [0.2, 0.25) is 0 Å². The molecule has 1 aliphatic rings. The summed E-state index contributed by atoms with van der Waals surface area (Å²) in [5, 5.41) is 2.65. The van der Waals surface area contributed by atoms with E-state index < -0.39 is 30.0 Å². The molecule has 152 valence electrons. The molecule has 2 aromatic rings. The predicted molar refractivity (Wildman–Crippen MR) is 104 cm³/mol. The number of nitrogens with one attached hydrogen (secondary N) is 1. The highest BCUT2D eigenvalue weighted by Crippen LogP contribution is 2.30. The summed E-state index contributed by atoms with van der Waals surface area (Å²) in [6, 6.07) is 12.8. The fourth-order valence-electron chi connectivity index (χ4n) is 3.05. The second kappa shape index (κ2) is 8.22. The number of esters is 1. The first-order valence-electron chi connectivity index (χ1n) is 9.10. The number of amides is 3. The van der Waals surface area contributed by atoms with Gasteiger partial charge in [-0.15, -0.1) is 0 Å². The van der Waals surface area contributed by atoms with E-state index in [2.05, 4.69) is 5.32 Å². The molecule has 29 heavy (non-hydrogen) atoms. The van der Waals surface area contributed by atoms with Gasteiger partial charge in [-0.3, -0.25) is 9.69 Å². The molecular weight excluding hydrogens is 376 g/mol. The molecule has 0 saturated carbocycles. The molecule has 8 heteroatoms. The summed E-state index contributed by atoms with van der Waals surface area (Å²) in [6.45, 7) is 3.29. The van der Waals surface area contributed by atoms with E-state index in [4.69, 9.17) is 14.2 Å². The Labute approximate surface area is 168 Å². The highest BCUT2D eigenvalue weighted by Gasteiger charge is 2.49. The number of benzene rings is 2. The van der Waals surface area contributed by atoms with E-state index >= 15 is 0 Å². The van der Waals surface area contributed by atoms with Gasteiger partial charge < -0.3 is 19.5 Å². The molecule has 0 spiro atoms. The maximum absolute atomic E-state index is 12.9. The van der Waals surface area contributed by atoms with Gasteiger partial charge in [-0.2, -0.15) is 0 Å². The molecule has 1 atom stereocenters. The van der Waals surface area contributed by atoms with Crippen molar-refractivity contribution < 1.29 is 28.6 Å². The van der Waals surface area contributed by atoms with E-state index in [9.17, 15) is 14.4 Å². The minimum Gasteiger partial charge on any atom is -0.497 e. The molecule has 3 amide bonds. The third-order valence-electron chi connectivity index (χ3n) is 4.60. The number of hydrogen-bond donors (Lipinski definition) is 1. The third kappa shape index (κ3) is 4.01. The van der Waals surface area contributed by atoms with Crippen LogP contribution < -0.4 is 19.5 Å². The van der Waals surface area contributed by atoms with Gasteiger partial charge in [-0.05, 0) is 43.7 Å². The van der Waals surface area contributed by atoms with Crippen LogP contribution in [-0.4, -0.2) is 43.1 Å². The lowest BCUT2D eigenvalue weighted by Gasteiger charge is -2.22. The van der Waals surface area contributed by atoms with Crippen LogP contribution in [0.15, 0.2) is 48.5 Å². The van der Waals surface area contributed by atoms with Gasteiger partial charge in [-0.25, -0.2) is 9.59 Å². The van der Waals surface area contributed by atoms with Crippen LogP contribution in [0.2, 0.25) is 0 Å². The molecule has 1 unspecified atom stereocenters. The van der Waals surface area contributed by atoms with Crippen LogP contribution in [0.4, 0.5) is 4.79 Å². The van der Waals surface area contributed by atoms with E-state index in [0.29, 0.717) is 23.7 Å². The van der Waals surface area contributed by atoms with Crippen molar-refractivity contribution in [1.82, 2.24) is 10.2 Å². The van der Waals surface area contributed by atoms with Crippen LogP contribution in [0.3, 0.4) is 0 Å². The second-order valence-corrected chi connectivity index (χ2v) is 6.53. The van der Waals surface area contributed by atoms with Crippen molar-refractivity contribution in [3.63, 3.8) is 0 Å².